The first-order valence-corrected chi connectivity index (χ1v) is 7.39. The maximum Gasteiger partial charge on any atom is 0.340 e. The van der Waals surface area contributed by atoms with Crippen molar-refractivity contribution < 1.29 is 14.3 Å². The topological polar surface area (TPSA) is 35.5 Å². The average Bonchev–Trinajstić information content (AvgIpc) is 2.51. The summed E-state index contributed by atoms with van der Waals surface area (Å²) in [6, 6.07) is 19.1. The summed E-state index contributed by atoms with van der Waals surface area (Å²) in [6.45, 7) is 6.02. The lowest BCUT2D eigenvalue weighted by Crippen LogP contribution is -2.28. The Bertz CT molecular complexity index is 585. The lowest BCUT2D eigenvalue weighted by atomic mass is 10.1. The lowest BCUT2D eigenvalue weighted by Gasteiger charge is -2.26. The molecule has 1 atom stereocenters. The van der Waals surface area contributed by atoms with E-state index < -0.39 is 11.7 Å². The van der Waals surface area contributed by atoms with Crippen molar-refractivity contribution in [1.82, 2.24) is 0 Å². The van der Waals surface area contributed by atoms with Crippen molar-refractivity contribution >= 4 is 5.97 Å². The minimum Gasteiger partial charge on any atom is -0.459 e. The molecule has 0 saturated heterocycles. The van der Waals surface area contributed by atoms with Crippen molar-refractivity contribution in [1.29, 1.82) is 0 Å². The molecule has 0 spiro atoms. The van der Waals surface area contributed by atoms with Gasteiger partial charge in [0.05, 0.1) is 5.60 Å². The normalized spacial score (nSPS) is 12.7. The zero-order valence-corrected chi connectivity index (χ0v) is 13.3. The number of hydrogen-bond donors (Lipinski definition) is 0. The minimum atomic E-state index is -0.718. The third-order valence-electron chi connectivity index (χ3n) is 3.01. The Hall–Kier alpha value is -2.13. The van der Waals surface area contributed by atoms with Gasteiger partial charge >= 0.3 is 5.97 Å². The predicted octanol–water partition coefficient (Wildman–Crippen LogP) is 4.29. The van der Waals surface area contributed by atoms with E-state index in [-0.39, 0.29) is 12.6 Å². The molecule has 0 bridgehead atoms. The summed E-state index contributed by atoms with van der Waals surface area (Å²) in [6.07, 6.45) is -0.718. The Kier molecular flexibility index (Phi) is 5.34. The summed E-state index contributed by atoms with van der Waals surface area (Å²) in [5.74, 6) is -0.370. The Labute approximate surface area is 131 Å². The number of rotatable bonds is 5. The molecule has 0 unspecified atom stereocenters. The number of ether oxygens (including phenoxy) is 2. The largest absolute Gasteiger partial charge is 0.459 e. The zero-order chi connectivity index (χ0) is 16.0. The van der Waals surface area contributed by atoms with Crippen LogP contribution in [0.15, 0.2) is 60.7 Å². The fourth-order valence-corrected chi connectivity index (χ4v) is 2.04. The van der Waals surface area contributed by atoms with Crippen LogP contribution >= 0.6 is 0 Å². The van der Waals surface area contributed by atoms with Gasteiger partial charge in [0.25, 0.3) is 0 Å². The van der Waals surface area contributed by atoms with Crippen LogP contribution in [0.4, 0.5) is 0 Å². The van der Waals surface area contributed by atoms with E-state index in [0.29, 0.717) is 0 Å². The molecular weight excluding hydrogens is 276 g/mol. The van der Waals surface area contributed by atoms with Crippen LogP contribution in [0, 0.1) is 0 Å². The molecule has 0 aliphatic heterocycles. The van der Waals surface area contributed by atoms with Crippen molar-refractivity contribution in [3.05, 3.63) is 71.8 Å². The molecule has 0 N–H and O–H groups in total. The van der Waals surface area contributed by atoms with Gasteiger partial charge in [-0.05, 0) is 31.9 Å². The quantitative estimate of drug-likeness (QED) is 0.773. The van der Waals surface area contributed by atoms with Gasteiger partial charge in [-0.25, -0.2) is 4.79 Å². The van der Waals surface area contributed by atoms with E-state index in [9.17, 15) is 4.79 Å². The molecule has 3 nitrogen and oxygen atoms in total. The average molecular weight is 298 g/mol. The minimum absolute atomic E-state index is 0.247. The van der Waals surface area contributed by atoms with Crippen molar-refractivity contribution in [2.24, 2.45) is 0 Å². The fraction of sp³-hybridized carbons (Fsp3) is 0.316. The molecule has 3 heteroatoms. The van der Waals surface area contributed by atoms with Gasteiger partial charge in [-0.1, -0.05) is 60.7 Å². The molecule has 0 saturated carbocycles. The summed E-state index contributed by atoms with van der Waals surface area (Å²) in [4.78, 5) is 12.4. The number of esters is 1. The molecule has 0 radical (unpaired) electrons. The van der Waals surface area contributed by atoms with Crippen LogP contribution in [0.2, 0.25) is 0 Å². The third kappa shape index (κ3) is 5.01. The SMILES string of the molecule is CC(C)(C)O[C@@H](C(=O)OCc1ccccc1)c1ccccc1. The Morgan fingerprint density at radius 1 is 0.955 bits per heavy atom. The van der Waals surface area contributed by atoms with Crippen molar-refractivity contribution in [3.63, 3.8) is 0 Å². The second kappa shape index (κ2) is 7.23. The van der Waals surface area contributed by atoms with Crippen molar-refractivity contribution in [2.45, 2.75) is 39.1 Å². The molecule has 2 aromatic carbocycles. The summed E-state index contributed by atoms with van der Waals surface area (Å²) in [7, 11) is 0. The van der Waals surface area contributed by atoms with Gasteiger partial charge < -0.3 is 9.47 Å². The number of hydrogen-bond acceptors (Lipinski definition) is 3. The van der Waals surface area contributed by atoms with Gasteiger partial charge in [-0.2, -0.15) is 0 Å². The van der Waals surface area contributed by atoms with E-state index in [2.05, 4.69) is 0 Å². The highest BCUT2D eigenvalue weighted by molar-refractivity contribution is 5.76. The zero-order valence-electron chi connectivity index (χ0n) is 13.3. The highest BCUT2D eigenvalue weighted by Gasteiger charge is 2.28. The first-order chi connectivity index (χ1) is 10.5. The smallest absolute Gasteiger partial charge is 0.340 e. The third-order valence-corrected chi connectivity index (χ3v) is 3.01. The van der Waals surface area contributed by atoms with Gasteiger partial charge in [-0.3, -0.25) is 0 Å². The van der Waals surface area contributed by atoms with Crippen LogP contribution in [0.3, 0.4) is 0 Å². The van der Waals surface area contributed by atoms with Crippen LogP contribution < -0.4 is 0 Å². The Morgan fingerprint density at radius 2 is 1.50 bits per heavy atom. The Balaban J connectivity index is 2.09. The summed E-state index contributed by atoms with van der Waals surface area (Å²) < 4.78 is 11.3. The monoisotopic (exact) mass is 298 g/mol. The molecule has 2 aromatic rings. The van der Waals surface area contributed by atoms with E-state index in [4.69, 9.17) is 9.47 Å². The first-order valence-electron chi connectivity index (χ1n) is 7.39. The van der Waals surface area contributed by atoms with Gasteiger partial charge in [-0.15, -0.1) is 0 Å². The van der Waals surface area contributed by atoms with Crippen LogP contribution in [0.1, 0.15) is 38.0 Å². The molecule has 22 heavy (non-hydrogen) atoms. The van der Waals surface area contributed by atoms with Gasteiger partial charge in [0.1, 0.15) is 6.61 Å². The molecule has 0 aromatic heterocycles. The molecule has 0 amide bonds. The van der Waals surface area contributed by atoms with E-state index in [1.165, 1.54) is 0 Å². The van der Waals surface area contributed by atoms with Gasteiger partial charge in [0.2, 0.25) is 0 Å². The molecule has 116 valence electrons. The molecule has 0 fully saturated rings. The van der Waals surface area contributed by atoms with Gasteiger partial charge in [0, 0.05) is 0 Å². The van der Waals surface area contributed by atoms with E-state index in [0.717, 1.165) is 11.1 Å². The molecule has 2 rings (SSSR count). The standard InChI is InChI=1S/C19H22O3/c1-19(2,3)22-17(16-12-8-5-9-13-16)18(20)21-14-15-10-6-4-7-11-15/h4-13,17H,14H2,1-3H3/t17-/m1/s1. The van der Waals surface area contributed by atoms with Crippen molar-refractivity contribution in [3.8, 4) is 0 Å². The number of benzene rings is 2. The van der Waals surface area contributed by atoms with E-state index >= 15 is 0 Å². The first kappa shape index (κ1) is 16.2. The van der Waals surface area contributed by atoms with Crippen LogP contribution in [0.5, 0.6) is 0 Å². The molecular formula is C19H22O3. The van der Waals surface area contributed by atoms with Crippen LogP contribution in [-0.4, -0.2) is 11.6 Å². The van der Waals surface area contributed by atoms with E-state index in [1.807, 2.05) is 81.4 Å². The van der Waals surface area contributed by atoms with Crippen LogP contribution in [0.25, 0.3) is 0 Å². The maximum atomic E-state index is 12.4. The molecule has 0 aliphatic carbocycles. The van der Waals surface area contributed by atoms with Crippen LogP contribution in [-0.2, 0) is 20.9 Å². The highest BCUT2D eigenvalue weighted by Crippen LogP contribution is 2.25. The second-order valence-corrected chi connectivity index (χ2v) is 6.11. The Morgan fingerprint density at radius 3 is 2.05 bits per heavy atom. The molecule has 0 aliphatic rings. The highest BCUT2D eigenvalue weighted by atomic mass is 16.6. The molecule has 0 heterocycles. The second-order valence-electron chi connectivity index (χ2n) is 6.11. The summed E-state index contributed by atoms with van der Waals surface area (Å²) >= 11 is 0. The van der Waals surface area contributed by atoms with E-state index in [1.54, 1.807) is 0 Å². The van der Waals surface area contributed by atoms with Crippen molar-refractivity contribution in [2.75, 3.05) is 0 Å². The lowest BCUT2D eigenvalue weighted by molar-refractivity contribution is -0.168. The summed E-state index contributed by atoms with van der Waals surface area (Å²) in [5.41, 5.74) is 1.32. The fourth-order valence-electron chi connectivity index (χ4n) is 2.04. The number of carbonyl (C=O) groups is 1. The maximum absolute atomic E-state index is 12.4. The van der Waals surface area contributed by atoms with Gasteiger partial charge in [0.15, 0.2) is 6.10 Å². The predicted molar refractivity (Wildman–Crippen MR) is 86.3 cm³/mol. The number of carbonyl (C=O) groups excluding carboxylic acids is 1. The summed E-state index contributed by atoms with van der Waals surface area (Å²) in [5, 5.41) is 0.